The number of aliphatic carboxylic acids is 1. The van der Waals surface area contributed by atoms with Gasteiger partial charge in [-0.3, -0.25) is 9.69 Å². The van der Waals surface area contributed by atoms with Crippen molar-refractivity contribution >= 4 is 28.8 Å². The van der Waals surface area contributed by atoms with Crippen LogP contribution in [0.2, 0.25) is 0 Å². The predicted molar refractivity (Wildman–Crippen MR) is 78.7 cm³/mol. The van der Waals surface area contributed by atoms with Gasteiger partial charge in [0.2, 0.25) is 5.78 Å². The fraction of sp³-hybridized carbons (Fsp3) is 0.133. The van der Waals surface area contributed by atoms with Crippen LogP contribution >= 0.6 is 11.3 Å². The van der Waals surface area contributed by atoms with E-state index in [1.54, 1.807) is 17.0 Å². The van der Waals surface area contributed by atoms with Gasteiger partial charge < -0.3 is 5.11 Å². The highest BCUT2D eigenvalue weighted by Gasteiger charge is 2.34. The summed E-state index contributed by atoms with van der Waals surface area (Å²) >= 11 is 1.35. The number of hydrogen-bond acceptors (Lipinski definition) is 4. The zero-order valence-corrected chi connectivity index (χ0v) is 12.4. The number of nitrogens with one attached hydrogen (secondary N) is 1. The molecule has 0 bridgehead atoms. The van der Waals surface area contributed by atoms with Crippen LogP contribution in [0, 0.1) is 5.82 Å². The number of fused-ring (bicyclic) bond motifs is 1. The van der Waals surface area contributed by atoms with Gasteiger partial charge in [-0.1, -0.05) is 0 Å². The van der Waals surface area contributed by atoms with Crippen LogP contribution in [-0.4, -0.2) is 28.4 Å². The third-order valence-electron chi connectivity index (χ3n) is 3.58. The lowest BCUT2D eigenvalue weighted by Crippen LogP contribution is -3.03. The zero-order chi connectivity index (χ0) is 15.9. The molecule has 3 rings (SSSR count). The summed E-state index contributed by atoms with van der Waals surface area (Å²) in [5.41, 5.74) is 2.75. The number of thiazole rings is 1. The smallest absolute Gasteiger partial charge is 0.345 e. The molecule has 0 saturated heterocycles. The maximum absolute atomic E-state index is 14.3. The Morgan fingerprint density at radius 1 is 1.41 bits per heavy atom. The third-order valence-corrected chi connectivity index (χ3v) is 4.17. The van der Waals surface area contributed by atoms with Crippen molar-refractivity contribution in [3.05, 3.63) is 46.2 Å². The van der Waals surface area contributed by atoms with E-state index in [1.807, 2.05) is 6.92 Å². The van der Waals surface area contributed by atoms with Gasteiger partial charge in [0, 0.05) is 17.0 Å². The van der Waals surface area contributed by atoms with E-state index in [4.69, 9.17) is 5.11 Å². The Morgan fingerprint density at radius 2 is 2.18 bits per heavy atom. The highest BCUT2D eigenvalue weighted by atomic mass is 32.1. The van der Waals surface area contributed by atoms with Crippen molar-refractivity contribution in [1.82, 2.24) is 4.98 Å². The number of rotatable bonds is 3. The molecule has 0 amide bonds. The summed E-state index contributed by atoms with van der Waals surface area (Å²) in [6.07, 6.45) is 1.37. The minimum absolute atomic E-state index is 0.0910. The van der Waals surface area contributed by atoms with E-state index in [-0.39, 0.29) is 11.1 Å². The lowest BCUT2D eigenvalue weighted by molar-refractivity contribution is -0.773. The van der Waals surface area contributed by atoms with E-state index in [0.717, 1.165) is 6.07 Å². The number of aromatic nitrogens is 1. The van der Waals surface area contributed by atoms with Crippen LogP contribution in [0.25, 0.3) is 11.3 Å². The molecule has 0 fully saturated rings. The molecular formula is C15H12FN2O3S+. The van der Waals surface area contributed by atoms with Crippen LogP contribution in [0.4, 0.5) is 10.1 Å². The number of ketones is 1. The van der Waals surface area contributed by atoms with Crippen molar-refractivity contribution < 1.29 is 24.0 Å². The number of carbonyl (C=O) groups is 2. The van der Waals surface area contributed by atoms with Crippen molar-refractivity contribution in [3.8, 4) is 11.3 Å². The Bertz CT molecular complexity index is 799. The number of Topliss-reactive ketones (excluding diaryl/α,β-unsaturated/α-hetero) is 1. The van der Waals surface area contributed by atoms with Crippen LogP contribution in [0.3, 0.4) is 0 Å². The first-order valence-electron chi connectivity index (χ1n) is 6.61. The number of carbonyl (C=O) groups excluding carboxylic acids is 1. The lowest BCUT2D eigenvalue weighted by Gasteiger charge is -2.21. The number of halogens is 1. The number of quaternary nitrogens is 1. The summed E-state index contributed by atoms with van der Waals surface area (Å²) in [5.74, 6) is -2.55. The van der Waals surface area contributed by atoms with Crippen molar-refractivity contribution in [2.45, 2.75) is 6.92 Å². The molecule has 0 saturated carbocycles. The molecule has 1 atom stereocenters. The summed E-state index contributed by atoms with van der Waals surface area (Å²) in [7, 11) is 0. The summed E-state index contributed by atoms with van der Waals surface area (Å²) in [6.45, 7) is 2.40. The van der Waals surface area contributed by atoms with Crippen LogP contribution in [0.1, 0.15) is 17.3 Å². The molecule has 0 aliphatic carbocycles. The molecule has 112 valence electrons. The summed E-state index contributed by atoms with van der Waals surface area (Å²) in [4.78, 5) is 28.2. The van der Waals surface area contributed by atoms with E-state index in [2.05, 4.69) is 4.98 Å². The van der Waals surface area contributed by atoms with Crippen LogP contribution < -0.4 is 4.90 Å². The normalized spacial score (nSPS) is 17.1. The van der Waals surface area contributed by atoms with E-state index >= 15 is 0 Å². The molecule has 1 unspecified atom stereocenters. The fourth-order valence-electron chi connectivity index (χ4n) is 2.48. The molecule has 0 spiro atoms. The van der Waals surface area contributed by atoms with Crippen molar-refractivity contribution in [1.29, 1.82) is 0 Å². The molecule has 1 aromatic carbocycles. The van der Waals surface area contributed by atoms with Crippen LogP contribution in [0.15, 0.2) is 34.8 Å². The number of nitrogens with zero attached hydrogens (tertiary/aromatic N) is 1. The Labute approximate surface area is 129 Å². The molecule has 1 aliphatic rings. The topological polar surface area (TPSA) is 71.7 Å². The van der Waals surface area contributed by atoms with Gasteiger partial charge in [0.15, 0.2) is 5.57 Å². The van der Waals surface area contributed by atoms with Gasteiger partial charge in [-0.2, -0.15) is 0 Å². The van der Waals surface area contributed by atoms with E-state index in [9.17, 15) is 14.0 Å². The average Bonchev–Trinajstić information content (AvgIpc) is 3.01. The Morgan fingerprint density at radius 3 is 2.77 bits per heavy atom. The molecule has 1 aromatic heterocycles. The molecule has 2 aromatic rings. The van der Waals surface area contributed by atoms with Gasteiger partial charge in [-0.05, 0) is 13.0 Å². The first-order valence-corrected chi connectivity index (χ1v) is 7.55. The van der Waals surface area contributed by atoms with Crippen molar-refractivity contribution in [2.24, 2.45) is 0 Å². The molecule has 2 N–H and O–H groups in total. The zero-order valence-electron chi connectivity index (χ0n) is 11.6. The summed E-state index contributed by atoms with van der Waals surface area (Å²) in [5, 5.41) is 10.8. The van der Waals surface area contributed by atoms with Gasteiger partial charge in [0.25, 0.3) is 0 Å². The second-order valence-corrected chi connectivity index (χ2v) is 5.54. The van der Waals surface area contributed by atoms with E-state index < -0.39 is 17.6 Å². The van der Waals surface area contributed by atoms with Crippen LogP contribution in [-0.2, 0) is 4.79 Å². The number of benzene rings is 1. The minimum atomic E-state index is -1.30. The number of hydrogen-bond donors (Lipinski definition) is 2. The van der Waals surface area contributed by atoms with Gasteiger partial charge in [-0.25, -0.2) is 14.2 Å². The highest BCUT2D eigenvalue weighted by molar-refractivity contribution is 7.07. The largest absolute Gasteiger partial charge is 0.477 e. The molecule has 5 nitrogen and oxygen atoms in total. The third kappa shape index (κ3) is 2.24. The Balaban J connectivity index is 2.20. The molecule has 2 heterocycles. The van der Waals surface area contributed by atoms with Gasteiger partial charge in [0.1, 0.15) is 17.7 Å². The molecule has 1 aliphatic heterocycles. The number of carboxylic acids is 1. The van der Waals surface area contributed by atoms with Crippen molar-refractivity contribution in [3.63, 3.8) is 0 Å². The van der Waals surface area contributed by atoms with Crippen LogP contribution in [0.5, 0.6) is 0 Å². The molecule has 22 heavy (non-hydrogen) atoms. The minimum Gasteiger partial charge on any atom is -0.477 e. The predicted octanol–water partition coefficient (Wildman–Crippen LogP) is 1.65. The first kappa shape index (κ1) is 14.6. The van der Waals surface area contributed by atoms with Gasteiger partial charge in [0.05, 0.1) is 23.3 Å². The second-order valence-electron chi connectivity index (χ2n) is 4.82. The standard InChI is InChI=1S/C15H11FN2O3S/c1-2-18-5-10(15(20)21)14(19)9-3-11(16)8(4-13(9)18)12-6-22-7-17-12/h3-7H,2H2,1H3,(H,20,21)/p+1. The second kappa shape index (κ2) is 5.43. The van der Waals surface area contributed by atoms with Gasteiger partial charge >= 0.3 is 5.97 Å². The van der Waals surface area contributed by atoms with E-state index in [1.165, 1.54) is 17.5 Å². The Kier molecular flexibility index (Phi) is 3.59. The monoisotopic (exact) mass is 319 g/mol. The fourth-order valence-corrected chi connectivity index (χ4v) is 3.03. The SMILES string of the molecule is CC[NH+]1C=C(C(=O)O)C(=O)c2cc(F)c(-c3cscn3)cc21. The average molecular weight is 319 g/mol. The van der Waals surface area contributed by atoms with E-state index in [0.29, 0.717) is 28.4 Å². The maximum atomic E-state index is 14.3. The maximum Gasteiger partial charge on any atom is 0.345 e. The molecule has 0 radical (unpaired) electrons. The summed E-state index contributed by atoms with van der Waals surface area (Å²) < 4.78 is 14.3. The molecular weight excluding hydrogens is 307 g/mol. The van der Waals surface area contributed by atoms with Gasteiger partial charge in [-0.15, -0.1) is 11.3 Å². The number of carboxylic acid groups (broad SMARTS) is 1. The summed E-state index contributed by atoms with van der Waals surface area (Å²) in [6, 6.07) is 2.68. The van der Waals surface area contributed by atoms with Crippen molar-refractivity contribution in [2.75, 3.05) is 6.54 Å². The highest BCUT2D eigenvalue weighted by Crippen LogP contribution is 2.29. The molecule has 7 heteroatoms. The first-order chi connectivity index (χ1) is 10.5. The Hall–Kier alpha value is -2.38. The quantitative estimate of drug-likeness (QED) is 0.844. The lowest BCUT2D eigenvalue weighted by atomic mass is 9.95.